The summed E-state index contributed by atoms with van der Waals surface area (Å²) in [4.78, 5) is 57.4. The standard InChI is InChI=1S/C23H18N2O4/c26-19-14-9-4-5-10-15(14)20(27)23(19)18-17(16-11-6-12-24(16)23)21(28)25(22(18)29)13-7-2-1-3-8-13/h1-5,7-10,16-18H,6,11-12H2. The monoisotopic (exact) mass is 386 g/mol. The van der Waals surface area contributed by atoms with Crippen LogP contribution in [0, 0.1) is 11.8 Å². The number of imide groups is 1. The number of ketones is 2. The number of amides is 2. The van der Waals surface area contributed by atoms with Crippen molar-refractivity contribution in [1.82, 2.24) is 4.90 Å². The van der Waals surface area contributed by atoms with Gasteiger partial charge in [0.1, 0.15) is 0 Å². The molecular formula is C23H18N2O4. The van der Waals surface area contributed by atoms with E-state index in [1.54, 1.807) is 48.5 Å². The Morgan fingerprint density at radius 2 is 1.41 bits per heavy atom. The third-order valence-electron chi connectivity index (χ3n) is 7.09. The second-order valence-corrected chi connectivity index (χ2v) is 8.22. The molecule has 1 spiro atoms. The molecule has 0 aromatic heterocycles. The van der Waals surface area contributed by atoms with Gasteiger partial charge in [0.2, 0.25) is 11.8 Å². The Hall–Kier alpha value is -3.12. The molecule has 0 N–H and O–H groups in total. The largest absolute Gasteiger partial charge is 0.291 e. The molecule has 2 amide bonds. The van der Waals surface area contributed by atoms with Crippen LogP contribution in [0.2, 0.25) is 0 Å². The molecule has 0 radical (unpaired) electrons. The Kier molecular flexibility index (Phi) is 3.17. The molecule has 3 atom stereocenters. The SMILES string of the molecule is O=C1C2C3CCCN3C3(C(=O)c4ccccc4C3=O)C2C(=O)N1c1ccccc1. The van der Waals surface area contributed by atoms with E-state index in [1.165, 1.54) is 4.90 Å². The minimum absolute atomic E-state index is 0.257. The molecule has 6 heteroatoms. The van der Waals surface area contributed by atoms with Gasteiger partial charge in [-0.15, -0.1) is 0 Å². The molecule has 3 fully saturated rings. The number of hydrogen-bond donors (Lipinski definition) is 0. The maximum Gasteiger partial charge on any atom is 0.240 e. The zero-order valence-electron chi connectivity index (χ0n) is 15.6. The third-order valence-corrected chi connectivity index (χ3v) is 7.09. The summed E-state index contributed by atoms with van der Waals surface area (Å²) in [5.41, 5.74) is -0.359. The minimum Gasteiger partial charge on any atom is -0.291 e. The van der Waals surface area contributed by atoms with E-state index in [0.717, 1.165) is 6.42 Å². The van der Waals surface area contributed by atoms with Gasteiger partial charge in [-0.1, -0.05) is 42.5 Å². The second-order valence-electron chi connectivity index (χ2n) is 8.22. The summed E-state index contributed by atoms with van der Waals surface area (Å²) in [6, 6.07) is 15.3. The molecule has 1 aliphatic carbocycles. The molecule has 3 unspecified atom stereocenters. The highest BCUT2D eigenvalue weighted by Crippen LogP contribution is 2.57. The first kappa shape index (κ1) is 16.8. The van der Waals surface area contributed by atoms with E-state index in [1.807, 2.05) is 11.0 Å². The van der Waals surface area contributed by atoms with Gasteiger partial charge in [0.25, 0.3) is 0 Å². The van der Waals surface area contributed by atoms with Gasteiger partial charge in [-0.25, -0.2) is 4.90 Å². The Morgan fingerprint density at radius 1 is 0.793 bits per heavy atom. The fourth-order valence-corrected chi connectivity index (χ4v) is 6.07. The van der Waals surface area contributed by atoms with E-state index in [9.17, 15) is 19.2 Å². The van der Waals surface area contributed by atoms with E-state index in [0.29, 0.717) is 29.8 Å². The third kappa shape index (κ3) is 1.77. The molecule has 29 heavy (non-hydrogen) atoms. The molecule has 3 saturated heterocycles. The maximum atomic E-state index is 13.7. The van der Waals surface area contributed by atoms with Crippen molar-refractivity contribution >= 4 is 29.1 Å². The number of hydrogen-bond acceptors (Lipinski definition) is 5. The van der Waals surface area contributed by atoms with Crippen LogP contribution in [0.25, 0.3) is 0 Å². The van der Waals surface area contributed by atoms with Crippen LogP contribution in [0.4, 0.5) is 5.69 Å². The lowest BCUT2D eigenvalue weighted by Gasteiger charge is -2.35. The van der Waals surface area contributed by atoms with E-state index in [-0.39, 0.29) is 23.5 Å². The summed E-state index contributed by atoms with van der Waals surface area (Å²) in [6.07, 6.45) is 1.51. The van der Waals surface area contributed by atoms with Crippen LogP contribution in [0.5, 0.6) is 0 Å². The highest BCUT2D eigenvalue weighted by atomic mass is 16.2. The Morgan fingerprint density at radius 3 is 2.07 bits per heavy atom. The van der Waals surface area contributed by atoms with Gasteiger partial charge >= 0.3 is 0 Å². The van der Waals surface area contributed by atoms with Crippen molar-refractivity contribution in [2.45, 2.75) is 24.4 Å². The Bertz CT molecular complexity index is 1070. The molecule has 2 aromatic carbocycles. The van der Waals surface area contributed by atoms with Gasteiger partial charge in [-0.05, 0) is 31.5 Å². The number of para-hydroxylation sites is 1. The first-order valence-corrected chi connectivity index (χ1v) is 9.96. The van der Waals surface area contributed by atoms with Crippen molar-refractivity contribution in [2.75, 3.05) is 11.4 Å². The second kappa shape index (κ2) is 5.48. The summed E-state index contributed by atoms with van der Waals surface area (Å²) in [5, 5.41) is 0. The minimum atomic E-state index is -1.58. The molecule has 3 heterocycles. The predicted octanol–water partition coefficient (Wildman–Crippen LogP) is 2.09. The van der Waals surface area contributed by atoms with Crippen LogP contribution in [0.1, 0.15) is 33.6 Å². The average Bonchev–Trinajstić information content (AvgIpc) is 3.43. The van der Waals surface area contributed by atoms with Crippen LogP contribution < -0.4 is 4.90 Å². The molecular weight excluding hydrogens is 368 g/mol. The van der Waals surface area contributed by atoms with E-state index in [4.69, 9.17) is 0 Å². The summed E-state index contributed by atoms with van der Waals surface area (Å²) in [6.45, 7) is 0.551. The molecule has 6 nitrogen and oxygen atoms in total. The van der Waals surface area contributed by atoms with Gasteiger partial charge in [0, 0.05) is 17.2 Å². The number of carbonyl (C=O) groups is 4. The quantitative estimate of drug-likeness (QED) is 0.554. The van der Waals surface area contributed by atoms with Gasteiger partial charge in [0.15, 0.2) is 17.1 Å². The van der Waals surface area contributed by atoms with Crippen LogP contribution in [-0.4, -0.2) is 46.4 Å². The summed E-state index contributed by atoms with van der Waals surface area (Å²) >= 11 is 0. The maximum absolute atomic E-state index is 13.7. The first-order valence-electron chi connectivity index (χ1n) is 9.96. The number of Topliss-reactive ketones (excluding diaryl/α,β-unsaturated/α-hetero) is 2. The molecule has 144 valence electrons. The molecule has 3 aliphatic heterocycles. The van der Waals surface area contributed by atoms with E-state index < -0.39 is 23.3 Å². The molecule has 0 saturated carbocycles. The lowest BCUT2D eigenvalue weighted by Crippen LogP contribution is -2.59. The predicted molar refractivity (Wildman–Crippen MR) is 103 cm³/mol. The molecule has 0 bridgehead atoms. The van der Waals surface area contributed by atoms with Crippen LogP contribution >= 0.6 is 0 Å². The number of nitrogens with zero attached hydrogens (tertiary/aromatic N) is 2. The van der Waals surface area contributed by atoms with Crippen LogP contribution in [0.15, 0.2) is 54.6 Å². The van der Waals surface area contributed by atoms with Crippen molar-refractivity contribution < 1.29 is 19.2 Å². The number of anilines is 1. The molecule has 2 aromatic rings. The summed E-state index contributed by atoms with van der Waals surface area (Å²) < 4.78 is 0. The van der Waals surface area contributed by atoms with Gasteiger partial charge < -0.3 is 0 Å². The lowest BCUT2D eigenvalue weighted by molar-refractivity contribution is -0.124. The summed E-state index contributed by atoms with van der Waals surface area (Å²) in [7, 11) is 0. The average molecular weight is 386 g/mol. The zero-order valence-corrected chi connectivity index (χ0v) is 15.6. The van der Waals surface area contributed by atoms with Crippen molar-refractivity contribution in [1.29, 1.82) is 0 Å². The van der Waals surface area contributed by atoms with Gasteiger partial charge in [0.05, 0.1) is 17.5 Å². The topological polar surface area (TPSA) is 74.8 Å². The molecule has 6 rings (SSSR count). The lowest BCUT2D eigenvalue weighted by atomic mass is 9.76. The van der Waals surface area contributed by atoms with E-state index in [2.05, 4.69) is 0 Å². The first-order chi connectivity index (χ1) is 14.1. The Labute approximate surface area is 167 Å². The molecule has 4 aliphatic rings. The van der Waals surface area contributed by atoms with Gasteiger partial charge in [-0.2, -0.15) is 0 Å². The van der Waals surface area contributed by atoms with Gasteiger partial charge in [-0.3, -0.25) is 24.1 Å². The van der Waals surface area contributed by atoms with Crippen LogP contribution in [-0.2, 0) is 9.59 Å². The fourth-order valence-electron chi connectivity index (χ4n) is 6.07. The number of rotatable bonds is 1. The highest BCUT2D eigenvalue weighted by molar-refractivity contribution is 6.37. The van der Waals surface area contributed by atoms with Crippen LogP contribution in [0.3, 0.4) is 0 Å². The normalized spacial score (nSPS) is 29.7. The highest BCUT2D eigenvalue weighted by Gasteiger charge is 2.76. The van der Waals surface area contributed by atoms with Crippen molar-refractivity contribution in [3.8, 4) is 0 Å². The van der Waals surface area contributed by atoms with Crippen molar-refractivity contribution in [3.63, 3.8) is 0 Å². The number of benzene rings is 2. The summed E-state index contributed by atoms with van der Waals surface area (Å²) in [5.74, 6) is -3.01. The zero-order chi connectivity index (χ0) is 19.9. The van der Waals surface area contributed by atoms with Crippen molar-refractivity contribution in [2.24, 2.45) is 11.8 Å². The number of fused-ring (bicyclic) bond motifs is 6. The Balaban J connectivity index is 1.56. The smallest absolute Gasteiger partial charge is 0.240 e. The fraction of sp³-hybridized carbons (Fsp3) is 0.304. The van der Waals surface area contributed by atoms with E-state index >= 15 is 0 Å². The number of carbonyl (C=O) groups excluding carboxylic acids is 4. The van der Waals surface area contributed by atoms with Crippen molar-refractivity contribution in [3.05, 3.63) is 65.7 Å².